The van der Waals surface area contributed by atoms with Gasteiger partial charge in [0.05, 0.1) is 0 Å². The molecule has 1 aromatic rings. The van der Waals surface area contributed by atoms with Gasteiger partial charge < -0.3 is 10.6 Å². The lowest BCUT2D eigenvalue weighted by atomic mass is 10.1. The summed E-state index contributed by atoms with van der Waals surface area (Å²) in [6.45, 7) is 2.21. The minimum Gasteiger partial charge on any atom is -0.398 e. The fourth-order valence-electron chi connectivity index (χ4n) is 2.21. The molecule has 0 bridgehead atoms. The van der Waals surface area contributed by atoms with Gasteiger partial charge in [0.15, 0.2) is 9.84 Å². The summed E-state index contributed by atoms with van der Waals surface area (Å²) in [5.74, 6) is 0.913. The van der Waals surface area contributed by atoms with Gasteiger partial charge in [0.1, 0.15) is 5.37 Å². The van der Waals surface area contributed by atoms with Crippen LogP contribution in [0.2, 0.25) is 0 Å². The maximum atomic E-state index is 12.6. The second-order valence-electron chi connectivity index (χ2n) is 4.88. The molecule has 7 heteroatoms. The number of hydrogen-bond donors (Lipinski definition) is 1. The first-order chi connectivity index (χ1) is 9.32. The Morgan fingerprint density at radius 3 is 2.80 bits per heavy atom. The van der Waals surface area contributed by atoms with Crippen LogP contribution in [0.4, 0.5) is 5.69 Å². The van der Waals surface area contributed by atoms with E-state index in [-0.39, 0.29) is 5.91 Å². The molecule has 20 heavy (non-hydrogen) atoms. The van der Waals surface area contributed by atoms with Crippen LogP contribution in [0, 0.1) is 6.92 Å². The Hall–Kier alpha value is -1.21. The lowest BCUT2D eigenvalue weighted by molar-refractivity contribution is 0.0749. The molecule has 0 aliphatic carbocycles. The third-order valence-corrected chi connectivity index (χ3v) is 6.09. The van der Waals surface area contributed by atoms with E-state index >= 15 is 0 Å². The summed E-state index contributed by atoms with van der Waals surface area (Å²) in [5, 5.41) is -0.755. The number of nitrogens with two attached hydrogens (primary N) is 1. The van der Waals surface area contributed by atoms with Gasteiger partial charge in [-0.2, -0.15) is 11.8 Å². The normalized spacial score (nSPS) is 19.9. The molecule has 0 aromatic heterocycles. The molecular weight excluding hydrogens is 296 g/mol. The first-order valence-electron chi connectivity index (χ1n) is 6.25. The van der Waals surface area contributed by atoms with Crippen LogP contribution >= 0.6 is 11.8 Å². The number of nitrogen functional groups attached to an aromatic ring is 1. The number of amides is 1. The zero-order chi connectivity index (χ0) is 14.9. The smallest absolute Gasteiger partial charge is 0.255 e. The van der Waals surface area contributed by atoms with Crippen molar-refractivity contribution in [3.63, 3.8) is 0 Å². The van der Waals surface area contributed by atoms with Crippen molar-refractivity contribution in [3.05, 3.63) is 29.3 Å². The van der Waals surface area contributed by atoms with Crippen molar-refractivity contribution in [2.75, 3.05) is 30.0 Å². The second-order valence-corrected chi connectivity index (χ2v) is 8.23. The minimum absolute atomic E-state index is 0.259. The average Bonchev–Trinajstić information content (AvgIpc) is 2.40. The van der Waals surface area contributed by atoms with Crippen LogP contribution in [-0.4, -0.2) is 48.9 Å². The van der Waals surface area contributed by atoms with Gasteiger partial charge in [-0.05, 0) is 24.6 Å². The first-order valence-corrected chi connectivity index (χ1v) is 9.36. The van der Waals surface area contributed by atoms with Gasteiger partial charge in [0.2, 0.25) is 0 Å². The Morgan fingerprint density at radius 2 is 2.15 bits per heavy atom. The SMILES string of the molecule is Cc1c(N)cccc1C(=O)N1CCSCC1S(C)(=O)=O. The highest BCUT2D eigenvalue weighted by Crippen LogP contribution is 2.24. The lowest BCUT2D eigenvalue weighted by Crippen LogP contribution is -2.50. The van der Waals surface area contributed by atoms with E-state index in [1.165, 1.54) is 11.2 Å². The third-order valence-electron chi connectivity index (χ3n) is 3.45. The summed E-state index contributed by atoms with van der Waals surface area (Å²) in [6.07, 6.45) is 1.18. The van der Waals surface area contributed by atoms with Crippen molar-refractivity contribution in [1.82, 2.24) is 4.90 Å². The van der Waals surface area contributed by atoms with Crippen molar-refractivity contribution in [1.29, 1.82) is 0 Å². The van der Waals surface area contributed by atoms with Gasteiger partial charge >= 0.3 is 0 Å². The molecule has 1 saturated heterocycles. The average molecular weight is 314 g/mol. The number of hydrogen-bond acceptors (Lipinski definition) is 5. The topological polar surface area (TPSA) is 80.5 Å². The van der Waals surface area contributed by atoms with E-state index in [0.717, 1.165) is 5.75 Å². The van der Waals surface area contributed by atoms with Gasteiger partial charge in [-0.3, -0.25) is 4.79 Å². The summed E-state index contributed by atoms with van der Waals surface area (Å²) < 4.78 is 23.7. The Morgan fingerprint density at radius 1 is 1.45 bits per heavy atom. The number of nitrogens with zero attached hydrogens (tertiary/aromatic N) is 1. The maximum Gasteiger partial charge on any atom is 0.255 e. The molecular formula is C13H18N2O3S2. The predicted molar refractivity (Wildman–Crippen MR) is 82.6 cm³/mol. The third kappa shape index (κ3) is 2.93. The molecule has 2 N–H and O–H groups in total. The molecule has 1 unspecified atom stereocenters. The number of benzene rings is 1. The molecule has 110 valence electrons. The van der Waals surface area contributed by atoms with E-state index in [9.17, 15) is 13.2 Å². The fraction of sp³-hybridized carbons (Fsp3) is 0.462. The summed E-state index contributed by atoms with van der Waals surface area (Å²) in [4.78, 5) is 14.1. The van der Waals surface area contributed by atoms with E-state index in [1.54, 1.807) is 36.9 Å². The molecule has 1 atom stereocenters. The zero-order valence-electron chi connectivity index (χ0n) is 11.5. The van der Waals surface area contributed by atoms with E-state index < -0.39 is 15.2 Å². The molecule has 1 aliphatic heterocycles. The number of carbonyl (C=O) groups excluding carboxylic acids is 1. The van der Waals surface area contributed by atoms with Crippen molar-refractivity contribution in [2.45, 2.75) is 12.3 Å². The number of rotatable bonds is 2. The van der Waals surface area contributed by atoms with Crippen LogP contribution in [0.1, 0.15) is 15.9 Å². The predicted octanol–water partition coefficient (Wildman–Crippen LogP) is 1.14. The quantitative estimate of drug-likeness (QED) is 0.828. The largest absolute Gasteiger partial charge is 0.398 e. The minimum atomic E-state index is -3.30. The first kappa shape index (κ1) is 15.2. The Kier molecular flexibility index (Phi) is 4.29. The van der Waals surface area contributed by atoms with E-state index in [2.05, 4.69) is 0 Å². The van der Waals surface area contributed by atoms with E-state index in [0.29, 0.717) is 29.1 Å². The lowest BCUT2D eigenvalue weighted by Gasteiger charge is -2.34. The molecule has 1 aromatic carbocycles. The van der Waals surface area contributed by atoms with Gasteiger partial charge in [-0.15, -0.1) is 0 Å². The van der Waals surface area contributed by atoms with Crippen molar-refractivity contribution >= 4 is 33.2 Å². The Labute approximate surface area is 123 Å². The molecule has 1 aliphatic rings. The Balaban J connectivity index is 2.38. The highest BCUT2D eigenvalue weighted by molar-refractivity contribution is 8.00. The Bertz CT molecular complexity index is 629. The monoisotopic (exact) mass is 314 g/mol. The summed E-state index contributed by atoms with van der Waals surface area (Å²) in [6, 6.07) is 5.13. The van der Waals surface area contributed by atoms with Crippen LogP contribution in [0.15, 0.2) is 18.2 Å². The van der Waals surface area contributed by atoms with Crippen LogP contribution in [0.5, 0.6) is 0 Å². The fourth-order valence-corrected chi connectivity index (χ4v) is 5.02. The van der Waals surface area contributed by atoms with Crippen LogP contribution in [-0.2, 0) is 9.84 Å². The standard InChI is InChI=1S/C13H18N2O3S2/c1-9-10(4-3-5-11(9)14)13(16)15-6-7-19-8-12(15)20(2,17)18/h3-5,12H,6-8,14H2,1-2H3. The van der Waals surface area contributed by atoms with Crippen molar-refractivity contribution in [3.8, 4) is 0 Å². The molecule has 0 spiro atoms. The highest BCUT2D eigenvalue weighted by atomic mass is 32.2. The maximum absolute atomic E-state index is 12.6. The van der Waals surface area contributed by atoms with Crippen LogP contribution in [0.25, 0.3) is 0 Å². The van der Waals surface area contributed by atoms with E-state index in [1.807, 2.05) is 0 Å². The van der Waals surface area contributed by atoms with Gasteiger partial charge in [0, 0.05) is 35.6 Å². The van der Waals surface area contributed by atoms with Crippen molar-refractivity contribution < 1.29 is 13.2 Å². The van der Waals surface area contributed by atoms with Crippen LogP contribution < -0.4 is 5.73 Å². The van der Waals surface area contributed by atoms with E-state index in [4.69, 9.17) is 5.73 Å². The number of anilines is 1. The van der Waals surface area contributed by atoms with Crippen LogP contribution in [0.3, 0.4) is 0 Å². The molecule has 0 saturated carbocycles. The number of carbonyl (C=O) groups is 1. The zero-order valence-corrected chi connectivity index (χ0v) is 13.1. The molecule has 5 nitrogen and oxygen atoms in total. The summed E-state index contributed by atoms with van der Waals surface area (Å²) in [7, 11) is -3.30. The summed E-state index contributed by atoms with van der Waals surface area (Å²) >= 11 is 1.56. The van der Waals surface area contributed by atoms with Gasteiger partial charge in [-0.1, -0.05) is 6.07 Å². The molecule has 0 radical (unpaired) electrons. The molecule has 1 fully saturated rings. The highest BCUT2D eigenvalue weighted by Gasteiger charge is 2.35. The molecule has 1 amide bonds. The number of thioether (sulfide) groups is 1. The molecule has 1 heterocycles. The van der Waals surface area contributed by atoms with Gasteiger partial charge in [0.25, 0.3) is 5.91 Å². The molecule has 2 rings (SSSR count). The second kappa shape index (κ2) is 5.65. The number of sulfone groups is 1. The van der Waals surface area contributed by atoms with Crippen molar-refractivity contribution in [2.24, 2.45) is 0 Å². The summed E-state index contributed by atoms with van der Waals surface area (Å²) in [5.41, 5.74) is 7.53. The van der Waals surface area contributed by atoms with Gasteiger partial charge in [-0.25, -0.2) is 8.42 Å².